The number of rotatable bonds is 1. The summed E-state index contributed by atoms with van der Waals surface area (Å²) in [4.78, 5) is 21.9. The number of ether oxygens (including phenoxy) is 1. The predicted octanol–water partition coefficient (Wildman–Crippen LogP) is -0.671. The molecule has 0 saturated carbocycles. The van der Waals surface area contributed by atoms with E-state index in [4.69, 9.17) is 10.5 Å². The Kier molecular flexibility index (Phi) is 2.13. The third-order valence-electron chi connectivity index (χ3n) is 2.74. The lowest BCUT2D eigenvalue weighted by atomic mass is 10.3. The molecule has 4 N–H and O–H groups in total. The van der Waals surface area contributed by atoms with Crippen molar-refractivity contribution in [1.82, 2.24) is 19.5 Å². The van der Waals surface area contributed by atoms with Crippen molar-refractivity contribution in [3.63, 3.8) is 0 Å². The standard InChI is InChI=1S/C9H11N5O3/c10-9-12-7-6(8(16)13-9)11-3-14(7)4-1-2-5(15)17-4/h3-5,15H,1-2H2,(H3,10,12,13,16)/t4-,5+/m0/s1. The zero-order valence-electron chi connectivity index (χ0n) is 8.83. The second-order valence-corrected chi connectivity index (χ2v) is 3.90. The molecule has 1 fully saturated rings. The zero-order chi connectivity index (χ0) is 12.0. The molecule has 8 heteroatoms. The van der Waals surface area contributed by atoms with E-state index in [2.05, 4.69) is 15.0 Å². The Morgan fingerprint density at radius 2 is 2.41 bits per heavy atom. The van der Waals surface area contributed by atoms with Crippen LogP contribution in [0.15, 0.2) is 11.1 Å². The van der Waals surface area contributed by atoms with Gasteiger partial charge >= 0.3 is 0 Å². The van der Waals surface area contributed by atoms with Gasteiger partial charge in [0, 0.05) is 6.42 Å². The van der Waals surface area contributed by atoms with Gasteiger partial charge in [0.25, 0.3) is 5.56 Å². The highest BCUT2D eigenvalue weighted by Crippen LogP contribution is 2.28. The number of aromatic nitrogens is 4. The van der Waals surface area contributed by atoms with Crippen LogP contribution in [0.1, 0.15) is 19.1 Å². The second-order valence-electron chi connectivity index (χ2n) is 3.90. The average molecular weight is 237 g/mol. The molecular weight excluding hydrogens is 226 g/mol. The normalized spacial score (nSPS) is 24.5. The summed E-state index contributed by atoms with van der Waals surface area (Å²) in [5.74, 6) is 0.0304. The minimum absolute atomic E-state index is 0.0304. The van der Waals surface area contributed by atoms with Gasteiger partial charge in [-0.25, -0.2) is 4.98 Å². The lowest BCUT2D eigenvalue weighted by molar-refractivity contribution is -0.111. The molecule has 1 aliphatic rings. The summed E-state index contributed by atoms with van der Waals surface area (Å²) in [6, 6.07) is 0. The highest BCUT2D eigenvalue weighted by molar-refractivity contribution is 5.70. The molecule has 0 unspecified atom stereocenters. The summed E-state index contributed by atoms with van der Waals surface area (Å²) < 4.78 is 6.89. The van der Waals surface area contributed by atoms with Gasteiger partial charge in [-0.1, -0.05) is 0 Å². The molecule has 17 heavy (non-hydrogen) atoms. The third-order valence-corrected chi connectivity index (χ3v) is 2.74. The first-order chi connectivity index (χ1) is 8.15. The molecule has 0 radical (unpaired) electrons. The maximum absolute atomic E-state index is 11.6. The molecule has 0 amide bonds. The van der Waals surface area contributed by atoms with Gasteiger partial charge in [-0.05, 0) is 6.42 Å². The minimum atomic E-state index is -0.781. The largest absolute Gasteiger partial charge is 0.369 e. The van der Waals surface area contributed by atoms with Crippen molar-refractivity contribution in [1.29, 1.82) is 0 Å². The van der Waals surface area contributed by atoms with Crippen molar-refractivity contribution in [2.24, 2.45) is 0 Å². The molecule has 3 rings (SSSR count). The summed E-state index contributed by atoms with van der Waals surface area (Å²) >= 11 is 0. The lowest BCUT2D eigenvalue weighted by Gasteiger charge is -2.12. The predicted molar refractivity (Wildman–Crippen MR) is 57.9 cm³/mol. The number of imidazole rings is 1. The molecule has 0 aliphatic carbocycles. The number of nitrogens with one attached hydrogen (secondary N) is 1. The van der Waals surface area contributed by atoms with Gasteiger partial charge in [0.05, 0.1) is 6.33 Å². The molecule has 2 aromatic rings. The monoisotopic (exact) mass is 237 g/mol. The van der Waals surface area contributed by atoms with E-state index in [1.807, 2.05) is 0 Å². The van der Waals surface area contributed by atoms with E-state index in [9.17, 15) is 9.90 Å². The van der Waals surface area contributed by atoms with E-state index in [-0.39, 0.29) is 23.3 Å². The number of hydrogen-bond donors (Lipinski definition) is 3. The minimum Gasteiger partial charge on any atom is -0.369 e. The van der Waals surface area contributed by atoms with Crippen molar-refractivity contribution >= 4 is 17.1 Å². The maximum Gasteiger partial charge on any atom is 0.280 e. The number of aliphatic hydroxyl groups is 1. The average Bonchev–Trinajstić information content (AvgIpc) is 2.83. The number of nitrogen functional groups attached to an aromatic ring is 1. The van der Waals surface area contributed by atoms with Crippen LogP contribution in [0, 0.1) is 0 Å². The molecular formula is C9H11N5O3. The van der Waals surface area contributed by atoms with Gasteiger partial charge in [0.2, 0.25) is 5.95 Å². The fraction of sp³-hybridized carbons (Fsp3) is 0.444. The van der Waals surface area contributed by atoms with Gasteiger partial charge in [-0.15, -0.1) is 0 Å². The summed E-state index contributed by atoms with van der Waals surface area (Å²) in [6.07, 6.45) is 1.51. The first kappa shape index (κ1) is 10.2. The van der Waals surface area contributed by atoms with Crippen molar-refractivity contribution in [2.75, 3.05) is 5.73 Å². The number of aliphatic hydroxyl groups excluding tert-OH is 1. The zero-order valence-corrected chi connectivity index (χ0v) is 8.83. The molecule has 2 aromatic heterocycles. The van der Waals surface area contributed by atoms with Gasteiger partial charge < -0.3 is 15.6 Å². The quantitative estimate of drug-likeness (QED) is 0.605. The molecule has 2 atom stereocenters. The molecule has 0 aromatic carbocycles. The molecule has 3 heterocycles. The van der Waals surface area contributed by atoms with Gasteiger partial charge in [-0.3, -0.25) is 14.3 Å². The van der Waals surface area contributed by atoms with Crippen LogP contribution < -0.4 is 11.3 Å². The number of anilines is 1. The van der Waals surface area contributed by atoms with Crippen LogP contribution in [0.2, 0.25) is 0 Å². The van der Waals surface area contributed by atoms with Crippen molar-refractivity contribution in [3.8, 4) is 0 Å². The summed E-state index contributed by atoms with van der Waals surface area (Å²) in [6.45, 7) is 0. The van der Waals surface area contributed by atoms with Crippen LogP contribution >= 0.6 is 0 Å². The second kappa shape index (κ2) is 3.54. The Morgan fingerprint density at radius 3 is 3.12 bits per heavy atom. The molecule has 8 nitrogen and oxygen atoms in total. The lowest BCUT2D eigenvalue weighted by Crippen LogP contribution is -2.14. The fourth-order valence-electron chi connectivity index (χ4n) is 1.96. The van der Waals surface area contributed by atoms with E-state index >= 15 is 0 Å². The maximum atomic E-state index is 11.6. The number of hydrogen-bond acceptors (Lipinski definition) is 6. The van der Waals surface area contributed by atoms with E-state index in [1.54, 1.807) is 4.57 Å². The van der Waals surface area contributed by atoms with E-state index in [1.165, 1.54) is 6.33 Å². The first-order valence-corrected chi connectivity index (χ1v) is 5.21. The van der Waals surface area contributed by atoms with Gasteiger partial charge in [0.15, 0.2) is 17.5 Å². The van der Waals surface area contributed by atoms with Crippen LogP contribution in [0.25, 0.3) is 11.2 Å². The van der Waals surface area contributed by atoms with E-state index in [0.717, 1.165) is 0 Å². The molecule has 1 saturated heterocycles. The van der Waals surface area contributed by atoms with Gasteiger partial charge in [0.1, 0.15) is 6.23 Å². The molecule has 1 aliphatic heterocycles. The SMILES string of the molecule is Nc1nc2c(ncn2[C@@H]2CC[C@H](O)O2)c(=O)[nH]1. The Bertz CT molecular complexity index is 619. The number of aromatic amines is 1. The number of fused-ring (bicyclic) bond motifs is 1. The third kappa shape index (κ3) is 1.58. The summed E-state index contributed by atoms with van der Waals surface area (Å²) in [5.41, 5.74) is 5.67. The van der Waals surface area contributed by atoms with Crippen LogP contribution in [-0.2, 0) is 4.74 Å². The Balaban J connectivity index is 2.15. The topological polar surface area (TPSA) is 119 Å². The number of H-pyrrole nitrogens is 1. The molecule has 0 spiro atoms. The summed E-state index contributed by atoms with van der Waals surface area (Å²) in [7, 11) is 0. The fourth-order valence-corrected chi connectivity index (χ4v) is 1.96. The smallest absolute Gasteiger partial charge is 0.280 e. The first-order valence-electron chi connectivity index (χ1n) is 5.21. The van der Waals surface area contributed by atoms with Crippen molar-refractivity contribution < 1.29 is 9.84 Å². The van der Waals surface area contributed by atoms with Crippen LogP contribution in [-0.4, -0.2) is 30.9 Å². The van der Waals surface area contributed by atoms with E-state index in [0.29, 0.717) is 18.5 Å². The van der Waals surface area contributed by atoms with Crippen LogP contribution in [0.4, 0.5) is 5.95 Å². The number of nitrogens with two attached hydrogens (primary N) is 1. The number of nitrogens with zero attached hydrogens (tertiary/aromatic N) is 3. The molecule has 90 valence electrons. The van der Waals surface area contributed by atoms with Crippen molar-refractivity contribution in [2.45, 2.75) is 25.4 Å². The van der Waals surface area contributed by atoms with Crippen molar-refractivity contribution in [3.05, 3.63) is 16.7 Å². The Labute approximate surface area is 95.1 Å². The van der Waals surface area contributed by atoms with Crippen LogP contribution in [0.3, 0.4) is 0 Å². The Morgan fingerprint density at radius 1 is 1.59 bits per heavy atom. The van der Waals surface area contributed by atoms with E-state index < -0.39 is 6.29 Å². The molecule has 0 bridgehead atoms. The highest BCUT2D eigenvalue weighted by atomic mass is 16.6. The van der Waals surface area contributed by atoms with Crippen LogP contribution in [0.5, 0.6) is 0 Å². The van der Waals surface area contributed by atoms with Gasteiger partial charge in [-0.2, -0.15) is 4.98 Å². The Hall–Kier alpha value is -1.93. The summed E-state index contributed by atoms with van der Waals surface area (Å²) in [5, 5.41) is 9.31. The highest BCUT2D eigenvalue weighted by Gasteiger charge is 2.26.